The van der Waals surface area contributed by atoms with Gasteiger partial charge < -0.3 is 10.1 Å². The normalized spacial score (nSPS) is 16.7. The number of nitrogens with one attached hydrogen (secondary N) is 1. The van der Waals surface area contributed by atoms with Crippen molar-refractivity contribution in [3.05, 3.63) is 72.1 Å². The molecule has 1 aliphatic rings. The summed E-state index contributed by atoms with van der Waals surface area (Å²) in [5, 5.41) is 7.29. The molecule has 1 N–H and O–H groups in total. The fraction of sp³-hybridized carbons (Fsp3) is 0.238. The number of methoxy groups -OCH3 is 1. The van der Waals surface area contributed by atoms with Crippen LogP contribution in [0.3, 0.4) is 0 Å². The highest BCUT2D eigenvalue weighted by molar-refractivity contribution is 7.89. The van der Waals surface area contributed by atoms with Gasteiger partial charge in [-0.3, -0.25) is 9.48 Å². The van der Waals surface area contributed by atoms with E-state index in [0.29, 0.717) is 22.7 Å². The third kappa shape index (κ3) is 3.69. The van der Waals surface area contributed by atoms with Crippen LogP contribution in [0.25, 0.3) is 0 Å². The quantitative estimate of drug-likeness (QED) is 0.676. The first-order valence-corrected chi connectivity index (χ1v) is 10.9. The second-order valence-electron chi connectivity index (χ2n) is 7.07. The second kappa shape index (κ2) is 7.92. The molecule has 8 nitrogen and oxygen atoms in total. The molecule has 0 spiro atoms. The molecule has 1 aromatic heterocycles. The van der Waals surface area contributed by atoms with Crippen LogP contribution in [0.2, 0.25) is 0 Å². The molecule has 156 valence electrons. The highest BCUT2D eigenvalue weighted by Gasteiger charge is 2.38. The van der Waals surface area contributed by atoms with Gasteiger partial charge >= 0.3 is 0 Å². The van der Waals surface area contributed by atoms with Gasteiger partial charge in [-0.25, -0.2) is 8.42 Å². The summed E-state index contributed by atoms with van der Waals surface area (Å²) in [6.07, 6.45) is 1.76. The van der Waals surface area contributed by atoms with Gasteiger partial charge in [-0.05, 0) is 24.3 Å². The number of amides is 1. The Morgan fingerprint density at radius 3 is 2.57 bits per heavy atom. The first-order valence-electron chi connectivity index (χ1n) is 9.41. The van der Waals surface area contributed by atoms with E-state index in [9.17, 15) is 13.2 Å². The van der Waals surface area contributed by atoms with Gasteiger partial charge in [0.25, 0.3) is 0 Å². The summed E-state index contributed by atoms with van der Waals surface area (Å²) >= 11 is 0. The Balaban J connectivity index is 1.68. The van der Waals surface area contributed by atoms with Crippen molar-refractivity contribution < 1.29 is 17.9 Å². The van der Waals surface area contributed by atoms with E-state index in [0.717, 1.165) is 0 Å². The van der Waals surface area contributed by atoms with Gasteiger partial charge in [-0.1, -0.05) is 30.3 Å². The van der Waals surface area contributed by atoms with Crippen LogP contribution in [0.5, 0.6) is 5.75 Å². The van der Waals surface area contributed by atoms with Crippen LogP contribution in [-0.4, -0.2) is 42.1 Å². The number of hydrogen-bond donors (Lipinski definition) is 1. The molecule has 30 heavy (non-hydrogen) atoms. The fourth-order valence-corrected chi connectivity index (χ4v) is 5.07. The summed E-state index contributed by atoms with van der Waals surface area (Å²) in [4.78, 5) is 13.4. The Kier molecular flexibility index (Phi) is 5.31. The van der Waals surface area contributed by atoms with E-state index in [-0.39, 0.29) is 23.9 Å². The molecule has 0 radical (unpaired) electrons. The number of para-hydroxylation sites is 2. The van der Waals surface area contributed by atoms with Crippen molar-refractivity contribution >= 4 is 21.6 Å². The molecule has 1 amide bonds. The van der Waals surface area contributed by atoms with E-state index >= 15 is 0 Å². The van der Waals surface area contributed by atoms with Gasteiger partial charge in [0.1, 0.15) is 5.75 Å². The smallest absolute Gasteiger partial charge is 0.243 e. The number of carbonyl (C=O) groups excluding carboxylic acids is 1. The first-order chi connectivity index (χ1) is 14.4. The maximum Gasteiger partial charge on any atom is 0.243 e. The van der Waals surface area contributed by atoms with E-state index < -0.39 is 15.9 Å². The monoisotopic (exact) mass is 426 g/mol. The lowest BCUT2D eigenvalue weighted by molar-refractivity contribution is -0.118. The molecular formula is C21H22N4O4S. The third-order valence-corrected chi connectivity index (χ3v) is 6.89. The zero-order valence-corrected chi connectivity index (χ0v) is 17.5. The van der Waals surface area contributed by atoms with E-state index in [1.807, 2.05) is 0 Å². The zero-order valence-electron chi connectivity index (χ0n) is 16.6. The van der Waals surface area contributed by atoms with Gasteiger partial charge in [0.2, 0.25) is 15.9 Å². The van der Waals surface area contributed by atoms with Crippen molar-refractivity contribution in [1.82, 2.24) is 14.1 Å². The summed E-state index contributed by atoms with van der Waals surface area (Å²) in [6, 6.07) is 15.3. The standard InChI is InChI=1S/C21H22N4O4S/c1-24-12-15-13-25(30(27,28)16-8-4-3-5-9-16)14-17(20(15)23-24)21(26)22-18-10-6-7-11-19(18)29-2/h3-12,17H,13-14H2,1-2H3,(H,22,26). The molecule has 3 aromatic rings. The molecule has 2 aromatic carbocycles. The predicted octanol–water partition coefficient (Wildman–Crippen LogP) is 2.36. The van der Waals surface area contributed by atoms with E-state index in [2.05, 4.69) is 10.4 Å². The Hall–Kier alpha value is -3.17. The van der Waals surface area contributed by atoms with Crippen LogP contribution in [0.15, 0.2) is 65.7 Å². The molecule has 0 saturated carbocycles. The molecule has 0 fully saturated rings. The largest absolute Gasteiger partial charge is 0.495 e. The lowest BCUT2D eigenvalue weighted by Gasteiger charge is -2.30. The Morgan fingerprint density at radius 2 is 1.83 bits per heavy atom. The van der Waals surface area contributed by atoms with E-state index in [1.165, 1.54) is 11.4 Å². The summed E-state index contributed by atoms with van der Waals surface area (Å²) in [6.45, 7) is 0.168. The van der Waals surface area contributed by atoms with Gasteiger partial charge in [-0.15, -0.1) is 0 Å². The summed E-state index contributed by atoms with van der Waals surface area (Å²) in [5.74, 6) is -0.567. The molecule has 1 atom stereocenters. The number of sulfonamides is 1. The molecule has 9 heteroatoms. The minimum atomic E-state index is -3.76. The number of hydrogen-bond acceptors (Lipinski definition) is 5. The van der Waals surface area contributed by atoms with Crippen molar-refractivity contribution in [1.29, 1.82) is 0 Å². The molecule has 1 aliphatic heterocycles. The molecule has 1 unspecified atom stereocenters. The third-order valence-electron chi connectivity index (χ3n) is 5.06. The fourth-order valence-electron chi connectivity index (χ4n) is 3.61. The van der Waals surface area contributed by atoms with Crippen LogP contribution in [-0.2, 0) is 28.4 Å². The molecule has 0 bridgehead atoms. The minimum absolute atomic E-state index is 0.00221. The topological polar surface area (TPSA) is 93.5 Å². The number of carbonyl (C=O) groups is 1. The first kappa shape index (κ1) is 20.1. The van der Waals surface area contributed by atoms with Crippen LogP contribution in [0.1, 0.15) is 17.2 Å². The van der Waals surface area contributed by atoms with E-state index in [1.54, 1.807) is 72.5 Å². The van der Waals surface area contributed by atoms with Crippen molar-refractivity contribution in [3.63, 3.8) is 0 Å². The summed E-state index contributed by atoms with van der Waals surface area (Å²) < 4.78 is 34.6. The number of aryl methyl sites for hydroxylation is 1. The van der Waals surface area contributed by atoms with Crippen LogP contribution < -0.4 is 10.1 Å². The average Bonchev–Trinajstić information content (AvgIpc) is 3.14. The predicted molar refractivity (Wildman–Crippen MR) is 112 cm³/mol. The molecule has 4 rings (SSSR count). The summed E-state index contributed by atoms with van der Waals surface area (Å²) in [5.41, 5.74) is 1.82. The number of ether oxygens (including phenoxy) is 1. The molecule has 0 aliphatic carbocycles. The van der Waals surface area contributed by atoms with Crippen molar-refractivity contribution in [2.24, 2.45) is 7.05 Å². The second-order valence-corrected chi connectivity index (χ2v) is 9.00. The minimum Gasteiger partial charge on any atom is -0.495 e. The van der Waals surface area contributed by atoms with Crippen LogP contribution in [0, 0.1) is 0 Å². The van der Waals surface area contributed by atoms with Crippen molar-refractivity contribution in [2.45, 2.75) is 17.4 Å². The van der Waals surface area contributed by atoms with E-state index in [4.69, 9.17) is 4.74 Å². The molecule has 2 heterocycles. The lowest BCUT2D eigenvalue weighted by Crippen LogP contribution is -2.41. The maximum atomic E-state index is 13.2. The Bertz CT molecular complexity index is 1170. The number of fused-ring (bicyclic) bond motifs is 1. The highest BCUT2D eigenvalue weighted by atomic mass is 32.2. The number of benzene rings is 2. The van der Waals surface area contributed by atoms with Gasteiger partial charge in [0, 0.05) is 31.9 Å². The Morgan fingerprint density at radius 1 is 1.13 bits per heavy atom. The SMILES string of the molecule is COc1ccccc1NC(=O)C1CN(S(=O)(=O)c2ccccc2)Cc2cn(C)nc21. The van der Waals surface area contributed by atoms with Crippen LogP contribution >= 0.6 is 0 Å². The van der Waals surface area contributed by atoms with Gasteiger partial charge in [0.15, 0.2) is 0 Å². The van der Waals surface area contributed by atoms with Crippen molar-refractivity contribution in [3.8, 4) is 5.75 Å². The number of anilines is 1. The highest BCUT2D eigenvalue weighted by Crippen LogP contribution is 2.33. The van der Waals surface area contributed by atoms with Crippen LogP contribution in [0.4, 0.5) is 5.69 Å². The zero-order chi connectivity index (χ0) is 21.3. The number of aromatic nitrogens is 2. The lowest BCUT2D eigenvalue weighted by atomic mass is 9.97. The molecule has 0 saturated heterocycles. The average molecular weight is 426 g/mol. The summed E-state index contributed by atoms with van der Waals surface area (Å²) in [7, 11) is -0.478. The number of nitrogens with zero attached hydrogens (tertiary/aromatic N) is 3. The van der Waals surface area contributed by atoms with Gasteiger partial charge in [-0.2, -0.15) is 9.40 Å². The number of rotatable bonds is 5. The Labute approximate surface area is 175 Å². The molecular weight excluding hydrogens is 404 g/mol. The maximum absolute atomic E-state index is 13.2. The van der Waals surface area contributed by atoms with Gasteiger partial charge in [0.05, 0.1) is 29.3 Å². The van der Waals surface area contributed by atoms with Crippen molar-refractivity contribution in [2.75, 3.05) is 19.0 Å².